The molecule has 2 aromatic rings. The number of nitrogens with zero attached hydrogens (tertiary/aromatic N) is 1. The molecule has 148 valence electrons. The van der Waals surface area contributed by atoms with Crippen molar-refractivity contribution in [2.24, 2.45) is 5.92 Å². The summed E-state index contributed by atoms with van der Waals surface area (Å²) in [6.07, 6.45) is 4.39. The first-order valence-corrected chi connectivity index (χ1v) is 10.2. The van der Waals surface area contributed by atoms with Crippen LogP contribution in [0.2, 0.25) is 0 Å². The Kier molecular flexibility index (Phi) is 3.40. The number of likely N-dealkylation sites (N-methyl/N-ethyl adjacent to an activating group) is 1. The zero-order chi connectivity index (χ0) is 19.9. The topological polar surface area (TPSA) is 70.0 Å². The zero-order valence-electron chi connectivity index (χ0n) is 16.2. The highest BCUT2D eigenvalue weighted by Crippen LogP contribution is 2.63. The number of ether oxygens (including phenoxy) is 1. The van der Waals surface area contributed by atoms with Crippen LogP contribution in [0.5, 0.6) is 11.5 Å². The van der Waals surface area contributed by atoms with E-state index in [1.807, 2.05) is 36.4 Å². The van der Waals surface area contributed by atoms with Gasteiger partial charge in [0, 0.05) is 34.1 Å². The van der Waals surface area contributed by atoms with Gasteiger partial charge >= 0.3 is 0 Å². The molecule has 0 aromatic heterocycles. The van der Waals surface area contributed by atoms with E-state index >= 15 is 0 Å². The van der Waals surface area contributed by atoms with Crippen molar-refractivity contribution in [3.63, 3.8) is 0 Å². The van der Waals surface area contributed by atoms with Gasteiger partial charge in [-0.2, -0.15) is 0 Å². The van der Waals surface area contributed by atoms with Gasteiger partial charge in [0.05, 0.1) is 0 Å². The highest BCUT2D eigenvalue weighted by molar-refractivity contribution is 6.10. The number of hydrogen-bond acceptors (Lipinski definition) is 5. The average Bonchev–Trinajstić information content (AvgIpc) is 3.09. The summed E-state index contributed by atoms with van der Waals surface area (Å²) in [5.41, 5.74) is 2.71. The molecule has 5 heteroatoms. The largest absolute Gasteiger partial charge is 0.504 e. The summed E-state index contributed by atoms with van der Waals surface area (Å²) in [5.74, 6) is 0.579. The van der Waals surface area contributed by atoms with E-state index in [0.717, 1.165) is 30.5 Å². The minimum atomic E-state index is -0.721. The number of aliphatic hydroxyl groups is 1. The molecule has 1 fully saturated rings. The van der Waals surface area contributed by atoms with Gasteiger partial charge in [0.2, 0.25) is 0 Å². The second-order valence-electron chi connectivity index (χ2n) is 8.80. The third kappa shape index (κ3) is 2.04. The number of aromatic hydroxyl groups is 1. The van der Waals surface area contributed by atoms with Gasteiger partial charge in [0.25, 0.3) is 0 Å². The Balaban J connectivity index is 1.63. The zero-order valence-corrected chi connectivity index (χ0v) is 16.2. The van der Waals surface area contributed by atoms with E-state index in [4.69, 9.17) is 4.74 Å². The van der Waals surface area contributed by atoms with Crippen molar-refractivity contribution in [1.82, 2.24) is 4.90 Å². The van der Waals surface area contributed by atoms with Crippen molar-refractivity contribution in [1.29, 1.82) is 0 Å². The van der Waals surface area contributed by atoms with E-state index in [-0.39, 0.29) is 23.5 Å². The Morgan fingerprint density at radius 2 is 2.03 bits per heavy atom. The third-order valence-corrected chi connectivity index (χ3v) is 7.56. The molecule has 0 amide bonds. The molecule has 0 saturated carbocycles. The monoisotopic (exact) mass is 389 g/mol. The van der Waals surface area contributed by atoms with Crippen molar-refractivity contribution in [2.45, 2.75) is 36.5 Å². The van der Waals surface area contributed by atoms with Gasteiger partial charge in [0.15, 0.2) is 17.3 Å². The molecule has 1 spiro atoms. The number of rotatable bonds is 2. The first kappa shape index (κ1) is 17.2. The Bertz CT molecular complexity index is 1060. The summed E-state index contributed by atoms with van der Waals surface area (Å²) in [4.78, 5) is 15.8. The van der Waals surface area contributed by atoms with E-state index in [2.05, 4.69) is 18.0 Å². The van der Waals surface area contributed by atoms with Gasteiger partial charge < -0.3 is 19.8 Å². The molecule has 1 saturated heterocycles. The van der Waals surface area contributed by atoms with Crippen LogP contribution in [-0.2, 0) is 11.8 Å². The van der Waals surface area contributed by atoms with Crippen LogP contribution in [0, 0.1) is 5.92 Å². The number of piperidine rings is 1. The van der Waals surface area contributed by atoms with Gasteiger partial charge in [-0.1, -0.05) is 42.5 Å². The lowest BCUT2D eigenvalue weighted by molar-refractivity contribution is -0.0453. The number of carbonyl (C=O) groups is 1. The van der Waals surface area contributed by atoms with Crippen LogP contribution < -0.4 is 4.74 Å². The fourth-order valence-corrected chi connectivity index (χ4v) is 6.27. The fourth-order valence-electron chi connectivity index (χ4n) is 6.27. The van der Waals surface area contributed by atoms with Crippen molar-refractivity contribution in [3.8, 4) is 11.5 Å². The molecule has 2 N–H and O–H groups in total. The van der Waals surface area contributed by atoms with Crippen molar-refractivity contribution in [2.75, 3.05) is 13.6 Å². The van der Waals surface area contributed by atoms with E-state index in [1.54, 1.807) is 6.07 Å². The summed E-state index contributed by atoms with van der Waals surface area (Å²) < 4.78 is 6.22. The maximum absolute atomic E-state index is 13.4. The highest BCUT2D eigenvalue weighted by atomic mass is 16.5. The number of hydrogen-bond donors (Lipinski definition) is 2. The lowest BCUT2D eigenvalue weighted by atomic mass is 9.53. The molecule has 2 bridgehead atoms. The number of phenolic OH excluding ortho intramolecular Hbond substituents is 1. The van der Waals surface area contributed by atoms with Crippen LogP contribution >= 0.6 is 0 Å². The van der Waals surface area contributed by atoms with E-state index in [1.165, 1.54) is 0 Å². The molecule has 5 nitrogen and oxygen atoms in total. The number of phenols is 1. The maximum atomic E-state index is 13.4. The van der Waals surface area contributed by atoms with Crippen LogP contribution in [0.15, 0.2) is 48.6 Å². The van der Waals surface area contributed by atoms with Gasteiger partial charge in [-0.3, -0.25) is 4.79 Å². The Labute approximate surface area is 169 Å². The van der Waals surface area contributed by atoms with Crippen LogP contribution in [0.25, 0.3) is 0 Å². The standard InChI is InChI=1S/C24H23NO4/c1-25-10-9-24-16-7-8-18(26)23(24)29-22-19(27)12-15(14(20(22)24)11-17(16)25)21(28)13-5-3-2-4-6-13/h2-8,12,16-18,23,26-27H,9-11H2,1H3/t16-,17+,18-,23-,24-/m0/s1. The molecular formula is C24H23NO4. The second kappa shape index (κ2) is 5.71. The number of benzene rings is 2. The fraction of sp³-hybridized carbons (Fsp3) is 0.375. The van der Waals surface area contributed by atoms with Gasteiger partial charge in [0.1, 0.15) is 12.2 Å². The minimum absolute atomic E-state index is 0.00451. The molecule has 5 atom stereocenters. The molecule has 2 heterocycles. The van der Waals surface area contributed by atoms with Crippen molar-refractivity contribution >= 4 is 5.78 Å². The first-order valence-electron chi connectivity index (χ1n) is 10.2. The number of carbonyl (C=O) groups excluding carboxylic acids is 1. The average molecular weight is 389 g/mol. The Hall–Kier alpha value is -2.63. The molecule has 4 aliphatic rings. The molecule has 0 radical (unpaired) electrons. The predicted molar refractivity (Wildman–Crippen MR) is 107 cm³/mol. The van der Waals surface area contributed by atoms with Gasteiger partial charge in [-0.15, -0.1) is 0 Å². The van der Waals surface area contributed by atoms with Gasteiger partial charge in [-0.25, -0.2) is 0 Å². The SMILES string of the molecule is CN1CC[C@]23c4c5c(C(=O)c6ccccc6)cc(O)c4O[C@H]2[C@@H](O)C=C[C@H]3[C@H]1C5. The minimum Gasteiger partial charge on any atom is -0.504 e. The smallest absolute Gasteiger partial charge is 0.193 e. The lowest BCUT2D eigenvalue weighted by Crippen LogP contribution is -2.64. The third-order valence-electron chi connectivity index (χ3n) is 7.56. The number of aliphatic hydroxyl groups excluding tert-OH is 1. The predicted octanol–water partition coefficient (Wildman–Crippen LogP) is 2.43. The van der Waals surface area contributed by atoms with Crippen LogP contribution in [0.1, 0.15) is 33.5 Å². The van der Waals surface area contributed by atoms with E-state index in [0.29, 0.717) is 16.9 Å². The van der Waals surface area contributed by atoms with Gasteiger partial charge in [-0.05, 0) is 38.1 Å². The van der Waals surface area contributed by atoms with Crippen LogP contribution in [0.3, 0.4) is 0 Å². The molecule has 29 heavy (non-hydrogen) atoms. The van der Waals surface area contributed by atoms with Crippen molar-refractivity contribution < 1.29 is 19.7 Å². The maximum Gasteiger partial charge on any atom is 0.193 e. The molecule has 2 aliphatic carbocycles. The molecule has 6 rings (SSSR count). The number of ketones is 1. The Morgan fingerprint density at radius 1 is 1.24 bits per heavy atom. The molecule has 0 unspecified atom stereocenters. The van der Waals surface area contributed by atoms with Crippen molar-refractivity contribution in [3.05, 3.63) is 70.8 Å². The van der Waals surface area contributed by atoms with E-state index < -0.39 is 17.6 Å². The normalized spacial score (nSPS) is 33.9. The highest BCUT2D eigenvalue weighted by Gasteiger charge is 2.64. The summed E-state index contributed by atoms with van der Waals surface area (Å²) in [6.45, 7) is 0.901. The van der Waals surface area contributed by atoms with Crippen LogP contribution in [-0.4, -0.2) is 52.7 Å². The summed E-state index contributed by atoms with van der Waals surface area (Å²) in [5, 5.41) is 21.6. The van der Waals surface area contributed by atoms with Crippen LogP contribution in [0.4, 0.5) is 0 Å². The number of likely N-dealkylation sites (tertiary alicyclic amines) is 1. The summed E-state index contributed by atoms with van der Waals surface area (Å²) >= 11 is 0. The second-order valence-corrected chi connectivity index (χ2v) is 8.80. The summed E-state index contributed by atoms with van der Waals surface area (Å²) in [6, 6.07) is 11.0. The lowest BCUT2D eigenvalue weighted by Gasteiger charge is -2.56. The molecule has 2 aromatic carbocycles. The molecule has 2 aliphatic heterocycles. The van der Waals surface area contributed by atoms with E-state index in [9.17, 15) is 15.0 Å². The summed E-state index contributed by atoms with van der Waals surface area (Å²) in [7, 11) is 2.13. The molecular weight excluding hydrogens is 366 g/mol. The Morgan fingerprint density at radius 3 is 2.83 bits per heavy atom. The quantitative estimate of drug-likeness (QED) is 0.610. The first-order chi connectivity index (χ1) is 14.0.